The van der Waals surface area contributed by atoms with Crippen LogP contribution >= 0.6 is 0 Å². The topological polar surface area (TPSA) is 32.8 Å². The van der Waals surface area contributed by atoms with Gasteiger partial charge in [-0.1, -0.05) is 200 Å². The summed E-state index contributed by atoms with van der Waals surface area (Å²) in [7, 11) is 0. The number of hydrogen-bond acceptors (Lipinski definition) is 4. The normalized spacial score (nSPS) is 12.5. The molecular weight excluding hydrogens is 1010 g/mol. The van der Waals surface area contributed by atoms with Gasteiger partial charge in [-0.25, -0.2) is 0 Å². The summed E-state index contributed by atoms with van der Waals surface area (Å²) < 4.78 is 13.8. The quantitative estimate of drug-likeness (QED) is 0.142. The van der Waals surface area contributed by atoms with Crippen LogP contribution in [0.15, 0.2) is 306 Å². The largest absolute Gasteiger partial charge is 0.456 e. The molecule has 386 valence electrons. The van der Waals surface area contributed by atoms with Gasteiger partial charge in [0.05, 0.1) is 11.4 Å². The Hall–Kier alpha value is -10.9. The molecule has 0 saturated heterocycles. The molecule has 83 heavy (non-hydrogen) atoms. The van der Waals surface area contributed by atoms with E-state index in [0.29, 0.717) is 0 Å². The maximum Gasteiger partial charge on any atom is 0.252 e. The third-order valence-electron chi connectivity index (χ3n) is 17.2. The number of nitrogens with zero attached hydrogens (tertiary/aromatic N) is 2. The first-order valence-electron chi connectivity index (χ1n) is 28.5. The van der Waals surface area contributed by atoms with Gasteiger partial charge in [0.15, 0.2) is 0 Å². The van der Waals surface area contributed by atoms with Crippen molar-refractivity contribution in [3.8, 4) is 66.8 Å². The molecule has 4 heterocycles. The van der Waals surface area contributed by atoms with E-state index in [1.54, 1.807) is 0 Å². The summed E-state index contributed by atoms with van der Waals surface area (Å²) in [6, 6.07) is 108. The minimum atomic E-state index is -0.217. The van der Waals surface area contributed by atoms with E-state index >= 15 is 0 Å². The van der Waals surface area contributed by atoms with E-state index in [9.17, 15) is 0 Å². The van der Waals surface area contributed by atoms with Gasteiger partial charge in [-0.2, -0.15) is 0 Å². The standard InChI is InChI=1S/C78H49BN2O2/c1-5-22-50(23-6-1)54-40-55(51-24-7-2-8-25-51)43-58(42-54)60-30-13-17-34-68(60)80-70-36-21-37-71-78(70)79(66-48-76-64(46-72(66)80)62-32-15-19-38-74(62)82-76)67-49-77-65(63-33-16-20-39-75(63)83-77)47-73(67)81(71)69-35-18-14-31-61(69)59-44-56(52-26-9-3-10-27-52)41-57(45-59)53-28-11-4-12-29-53/h1-49H. The van der Waals surface area contributed by atoms with Gasteiger partial charge in [0.1, 0.15) is 22.3 Å². The Bertz CT molecular complexity index is 4620. The molecule has 0 atom stereocenters. The molecule has 0 bridgehead atoms. The van der Waals surface area contributed by atoms with Gasteiger partial charge in [0.25, 0.3) is 6.71 Å². The van der Waals surface area contributed by atoms with Crippen LogP contribution in [0.5, 0.6) is 0 Å². The molecular formula is C78H49BN2O2. The molecule has 4 nitrogen and oxygen atoms in total. The van der Waals surface area contributed by atoms with Crippen LogP contribution in [0.1, 0.15) is 0 Å². The second kappa shape index (κ2) is 18.9. The molecule has 0 unspecified atom stereocenters. The summed E-state index contributed by atoms with van der Waals surface area (Å²) in [5, 5.41) is 4.32. The van der Waals surface area contributed by atoms with E-state index in [2.05, 4.69) is 307 Å². The summed E-state index contributed by atoms with van der Waals surface area (Å²) in [6.45, 7) is -0.217. The third-order valence-corrected chi connectivity index (χ3v) is 17.2. The summed E-state index contributed by atoms with van der Waals surface area (Å²) in [5.74, 6) is 0. The SMILES string of the molecule is c1ccc(-c2cc(-c3ccccc3)cc(-c3ccccc3N3c4cc5c(cc4B4c6cc7oc8ccccc8c7cc6N(c6ccccc6-c6cc(-c7ccccc7)cc(-c7ccccc7)c6)c6cccc3c64)oc3ccccc35)c2)cc1. The summed E-state index contributed by atoms with van der Waals surface area (Å²) in [4.78, 5) is 5.09. The Morgan fingerprint density at radius 1 is 0.217 bits per heavy atom. The number of rotatable bonds is 8. The molecule has 5 heteroatoms. The highest BCUT2D eigenvalue weighted by atomic mass is 16.3. The van der Waals surface area contributed by atoms with Crippen molar-refractivity contribution in [2.45, 2.75) is 0 Å². The van der Waals surface area contributed by atoms with Crippen LogP contribution in [0.3, 0.4) is 0 Å². The molecule has 17 rings (SSSR count). The zero-order valence-electron chi connectivity index (χ0n) is 45.1. The van der Waals surface area contributed by atoms with Crippen molar-refractivity contribution in [3.05, 3.63) is 297 Å². The fraction of sp³-hybridized carbons (Fsp3) is 0. The van der Waals surface area contributed by atoms with Crippen LogP contribution < -0.4 is 26.2 Å². The van der Waals surface area contributed by atoms with Gasteiger partial charge in [-0.15, -0.1) is 0 Å². The first kappa shape index (κ1) is 47.0. The zero-order valence-corrected chi connectivity index (χ0v) is 45.1. The maximum absolute atomic E-state index is 6.88. The average Bonchev–Trinajstić information content (AvgIpc) is 1.92. The fourth-order valence-corrected chi connectivity index (χ4v) is 13.5. The monoisotopic (exact) mass is 1060 g/mol. The van der Waals surface area contributed by atoms with Crippen molar-refractivity contribution in [2.75, 3.05) is 9.80 Å². The minimum Gasteiger partial charge on any atom is -0.456 e. The first-order valence-corrected chi connectivity index (χ1v) is 28.5. The van der Waals surface area contributed by atoms with Crippen molar-refractivity contribution < 1.29 is 8.83 Å². The maximum atomic E-state index is 6.88. The lowest BCUT2D eigenvalue weighted by molar-refractivity contribution is 0.669. The van der Waals surface area contributed by atoms with Gasteiger partial charge in [0.2, 0.25) is 0 Å². The van der Waals surface area contributed by atoms with E-state index < -0.39 is 0 Å². The highest BCUT2D eigenvalue weighted by molar-refractivity contribution is 7.00. The lowest BCUT2D eigenvalue weighted by Gasteiger charge is -2.44. The summed E-state index contributed by atoms with van der Waals surface area (Å²) in [5.41, 5.74) is 27.3. The van der Waals surface area contributed by atoms with E-state index in [1.165, 1.54) is 27.7 Å². The van der Waals surface area contributed by atoms with Crippen molar-refractivity contribution in [1.29, 1.82) is 0 Å². The van der Waals surface area contributed by atoms with Crippen LogP contribution in [0.25, 0.3) is 111 Å². The van der Waals surface area contributed by atoms with Crippen LogP contribution in [0.2, 0.25) is 0 Å². The molecule has 0 spiro atoms. The highest BCUT2D eigenvalue weighted by Crippen LogP contribution is 2.51. The Kier molecular flexibility index (Phi) is 10.7. The molecule has 0 N–H and O–H groups in total. The number of benzene rings is 13. The van der Waals surface area contributed by atoms with Crippen molar-refractivity contribution >= 4 is 101 Å². The predicted molar refractivity (Wildman–Crippen MR) is 348 cm³/mol. The molecule has 0 fully saturated rings. The Morgan fingerprint density at radius 2 is 0.542 bits per heavy atom. The Balaban J connectivity index is 0.951. The zero-order chi connectivity index (χ0) is 54.5. The molecule has 2 aliphatic rings. The van der Waals surface area contributed by atoms with Gasteiger partial charge >= 0.3 is 0 Å². The molecule has 0 saturated carbocycles. The van der Waals surface area contributed by atoms with Crippen LogP contribution in [-0.4, -0.2) is 6.71 Å². The molecule has 2 aliphatic heterocycles. The number of fused-ring (bicyclic) bond motifs is 10. The minimum absolute atomic E-state index is 0.217. The molecule has 2 aromatic heterocycles. The average molecular weight is 1060 g/mol. The fourth-order valence-electron chi connectivity index (χ4n) is 13.5. The third kappa shape index (κ3) is 7.62. The number of para-hydroxylation sites is 4. The molecule has 13 aromatic carbocycles. The lowest BCUT2D eigenvalue weighted by atomic mass is 9.33. The van der Waals surface area contributed by atoms with Crippen LogP contribution in [0.4, 0.5) is 34.1 Å². The van der Waals surface area contributed by atoms with E-state index in [1.807, 2.05) is 0 Å². The summed E-state index contributed by atoms with van der Waals surface area (Å²) >= 11 is 0. The van der Waals surface area contributed by atoms with Crippen molar-refractivity contribution in [1.82, 2.24) is 0 Å². The van der Waals surface area contributed by atoms with E-state index in [-0.39, 0.29) is 6.71 Å². The van der Waals surface area contributed by atoms with Crippen LogP contribution in [0, 0.1) is 0 Å². The Morgan fingerprint density at radius 3 is 0.940 bits per heavy atom. The van der Waals surface area contributed by atoms with E-state index in [0.717, 1.165) is 133 Å². The predicted octanol–water partition coefficient (Wildman–Crippen LogP) is 19.6. The van der Waals surface area contributed by atoms with Crippen molar-refractivity contribution in [3.63, 3.8) is 0 Å². The second-order valence-electron chi connectivity index (χ2n) is 21.9. The van der Waals surface area contributed by atoms with Crippen molar-refractivity contribution in [2.24, 2.45) is 0 Å². The van der Waals surface area contributed by atoms with E-state index in [4.69, 9.17) is 8.83 Å². The molecule has 0 radical (unpaired) electrons. The highest BCUT2D eigenvalue weighted by Gasteiger charge is 2.45. The van der Waals surface area contributed by atoms with Gasteiger partial charge in [0, 0.05) is 55.4 Å². The smallest absolute Gasteiger partial charge is 0.252 e. The second-order valence-corrected chi connectivity index (χ2v) is 21.9. The first-order chi connectivity index (χ1) is 41.1. The van der Waals surface area contributed by atoms with Gasteiger partial charge < -0.3 is 18.6 Å². The molecule has 0 amide bonds. The number of hydrogen-bond donors (Lipinski definition) is 0. The van der Waals surface area contributed by atoms with Crippen LogP contribution in [-0.2, 0) is 0 Å². The number of furan rings is 2. The molecule has 0 aliphatic carbocycles. The Labute approximate surface area is 481 Å². The molecule has 15 aromatic rings. The van der Waals surface area contributed by atoms with Gasteiger partial charge in [-0.3, -0.25) is 0 Å². The lowest BCUT2D eigenvalue weighted by Crippen LogP contribution is -2.61. The summed E-state index contributed by atoms with van der Waals surface area (Å²) in [6.07, 6.45) is 0. The number of anilines is 6. The van der Waals surface area contributed by atoms with Gasteiger partial charge in [-0.05, 0) is 169 Å².